The van der Waals surface area contributed by atoms with Gasteiger partial charge in [-0.15, -0.1) is 0 Å². The van der Waals surface area contributed by atoms with E-state index in [0.717, 1.165) is 12.8 Å². The fourth-order valence-corrected chi connectivity index (χ4v) is 0.819. The third kappa shape index (κ3) is 27.2. The molecule has 0 heterocycles. The quantitative estimate of drug-likeness (QED) is 0.679. The van der Waals surface area contributed by atoms with E-state index in [1.807, 2.05) is 48.5 Å². The highest BCUT2D eigenvalue weighted by Crippen LogP contribution is 1.99. The number of ether oxygens (including phenoxy) is 1. The maximum atomic E-state index is 10.7. The second kappa shape index (κ2) is 16.2. The number of carbonyl (C=O) groups is 3. The van der Waals surface area contributed by atoms with Gasteiger partial charge in [-0.1, -0.05) is 48.5 Å². The van der Waals surface area contributed by atoms with Crippen LogP contribution in [0, 0.1) is 17.8 Å². The van der Waals surface area contributed by atoms with E-state index >= 15 is 0 Å². The first-order valence-corrected chi connectivity index (χ1v) is 8.12. The molecule has 0 aliphatic rings. The lowest BCUT2D eigenvalue weighted by molar-refractivity contribution is -0.142. The highest BCUT2D eigenvalue weighted by atomic mass is 16.5. The van der Waals surface area contributed by atoms with E-state index < -0.39 is 0 Å². The standard InChI is InChI=1S/C7H14O.C6H12O2.C5H10O/c1-4-5-7(8)6(2)3;1-5(2)4-8-6(3)7;1-4(2)5(3)6/h6H,4-5H2,1-3H3;5H,4H2,1-3H3;4H,1-3H3. The lowest BCUT2D eigenvalue weighted by Crippen LogP contribution is -2.05. The molecule has 22 heavy (non-hydrogen) atoms. The number of Topliss-reactive ketones (excluding diaryl/α,β-unsaturated/α-hetero) is 2. The van der Waals surface area contributed by atoms with Crippen molar-refractivity contribution < 1.29 is 19.1 Å². The van der Waals surface area contributed by atoms with Crippen molar-refractivity contribution in [3.63, 3.8) is 0 Å². The zero-order chi connectivity index (χ0) is 18.3. The van der Waals surface area contributed by atoms with Gasteiger partial charge < -0.3 is 4.74 Å². The summed E-state index contributed by atoms with van der Waals surface area (Å²) < 4.78 is 4.66. The first-order valence-electron chi connectivity index (χ1n) is 8.12. The molecule has 4 heteroatoms. The van der Waals surface area contributed by atoms with E-state index in [1.54, 1.807) is 6.92 Å². The lowest BCUT2D eigenvalue weighted by atomic mass is 10.1. The summed E-state index contributed by atoms with van der Waals surface area (Å²) in [6, 6.07) is 0. The number of esters is 1. The molecule has 0 radical (unpaired) electrons. The van der Waals surface area contributed by atoms with Gasteiger partial charge in [0.2, 0.25) is 0 Å². The van der Waals surface area contributed by atoms with Gasteiger partial charge in [-0.2, -0.15) is 0 Å². The Balaban J connectivity index is -0.000000249. The van der Waals surface area contributed by atoms with Crippen LogP contribution in [0.3, 0.4) is 0 Å². The average molecular weight is 316 g/mol. The van der Waals surface area contributed by atoms with E-state index in [2.05, 4.69) is 4.74 Å². The molecule has 0 aliphatic carbocycles. The second-order valence-electron chi connectivity index (χ2n) is 6.33. The van der Waals surface area contributed by atoms with Gasteiger partial charge in [0.25, 0.3) is 0 Å². The minimum absolute atomic E-state index is 0.196. The van der Waals surface area contributed by atoms with Gasteiger partial charge in [-0.3, -0.25) is 14.4 Å². The van der Waals surface area contributed by atoms with Crippen LogP contribution in [0.15, 0.2) is 0 Å². The molecule has 132 valence electrons. The molecule has 0 rings (SSSR count). The lowest BCUT2D eigenvalue weighted by Gasteiger charge is -2.02. The zero-order valence-corrected chi connectivity index (χ0v) is 16.0. The first-order chi connectivity index (χ1) is 9.95. The Morgan fingerprint density at radius 3 is 1.36 bits per heavy atom. The second-order valence-corrected chi connectivity index (χ2v) is 6.33. The van der Waals surface area contributed by atoms with Gasteiger partial charge in [0.1, 0.15) is 11.6 Å². The van der Waals surface area contributed by atoms with Crippen molar-refractivity contribution in [2.75, 3.05) is 6.61 Å². The average Bonchev–Trinajstić information content (AvgIpc) is 2.37. The number of carbonyl (C=O) groups excluding carboxylic acids is 3. The van der Waals surface area contributed by atoms with Crippen molar-refractivity contribution in [3.8, 4) is 0 Å². The van der Waals surface area contributed by atoms with Crippen LogP contribution in [0.25, 0.3) is 0 Å². The van der Waals surface area contributed by atoms with Crippen LogP contribution in [0.1, 0.15) is 75.2 Å². The van der Waals surface area contributed by atoms with Crippen LogP contribution < -0.4 is 0 Å². The summed E-state index contributed by atoms with van der Waals surface area (Å²) in [5, 5.41) is 0. The van der Waals surface area contributed by atoms with Crippen molar-refractivity contribution in [2.45, 2.75) is 75.2 Å². The Kier molecular flexibility index (Phi) is 18.9. The van der Waals surface area contributed by atoms with Crippen LogP contribution in [0.4, 0.5) is 0 Å². The molecule has 0 saturated carbocycles. The largest absolute Gasteiger partial charge is 0.466 e. The smallest absolute Gasteiger partial charge is 0.302 e. The maximum absolute atomic E-state index is 10.7. The fourth-order valence-electron chi connectivity index (χ4n) is 0.819. The van der Waals surface area contributed by atoms with Gasteiger partial charge in [0.05, 0.1) is 6.61 Å². The summed E-state index contributed by atoms with van der Waals surface area (Å²) >= 11 is 0. The Labute approximate surface area is 137 Å². The van der Waals surface area contributed by atoms with Gasteiger partial charge >= 0.3 is 5.97 Å². The molecule has 0 aromatic rings. The van der Waals surface area contributed by atoms with Crippen molar-refractivity contribution in [2.24, 2.45) is 17.8 Å². The molecule has 0 spiro atoms. The minimum Gasteiger partial charge on any atom is -0.466 e. The predicted molar refractivity (Wildman–Crippen MR) is 91.7 cm³/mol. The van der Waals surface area contributed by atoms with Crippen molar-refractivity contribution >= 4 is 17.5 Å². The molecule has 0 unspecified atom stereocenters. The summed E-state index contributed by atoms with van der Waals surface area (Å²) in [5.41, 5.74) is 0. The Hall–Kier alpha value is -1.19. The normalized spacial score (nSPS) is 9.64. The molecule has 0 aromatic carbocycles. The van der Waals surface area contributed by atoms with Crippen LogP contribution >= 0.6 is 0 Å². The molecule has 0 aliphatic heterocycles. The third-order valence-corrected chi connectivity index (χ3v) is 2.57. The number of rotatable bonds is 6. The van der Waals surface area contributed by atoms with E-state index in [4.69, 9.17) is 0 Å². The molecule has 0 bridgehead atoms. The predicted octanol–water partition coefficient (Wildman–Crippen LogP) is 4.45. The van der Waals surface area contributed by atoms with E-state index in [0.29, 0.717) is 18.3 Å². The highest BCUT2D eigenvalue weighted by molar-refractivity contribution is 5.80. The molecule has 4 nitrogen and oxygen atoms in total. The van der Waals surface area contributed by atoms with E-state index in [9.17, 15) is 14.4 Å². The Morgan fingerprint density at radius 2 is 1.27 bits per heavy atom. The van der Waals surface area contributed by atoms with Gasteiger partial charge in [0, 0.05) is 25.2 Å². The van der Waals surface area contributed by atoms with Gasteiger partial charge in [0.15, 0.2) is 0 Å². The molecule has 0 saturated heterocycles. The third-order valence-electron chi connectivity index (χ3n) is 2.57. The van der Waals surface area contributed by atoms with Crippen molar-refractivity contribution in [3.05, 3.63) is 0 Å². The van der Waals surface area contributed by atoms with Crippen LogP contribution in [-0.2, 0) is 19.1 Å². The summed E-state index contributed by atoms with van der Waals surface area (Å²) in [7, 11) is 0. The van der Waals surface area contributed by atoms with Crippen LogP contribution in [-0.4, -0.2) is 24.1 Å². The summed E-state index contributed by atoms with van der Waals surface area (Å²) in [6.45, 7) is 17.3. The van der Waals surface area contributed by atoms with Gasteiger partial charge in [-0.25, -0.2) is 0 Å². The Bertz CT molecular complexity index is 304. The summed E-state index contributed by atoms with van der Waals surface area (Å²) in [4.78, 5) is 31.0. The SMILES string of the molecule is CC(=O)C(C)C.CC(=O)OCC(C)C.CCCC(=O)C(C)C. The molecule has 0 amide bonds. The maximum Gasteiger partial charge on any atom is 0.302 e. The number of hydrogen-bond donors (Lipinski definition) is 0. The first kappa shape index (κ1) is 25.7. The van der Waals surface area contributed by atoms with E-state index in [1.165, 1.54) is 6.92 Å². The number of hydrogen-bond acceptors (Lipinski definition) is 4. The van der Waals surface area contributed by atoms with Gasteiger partial charge in [-0.05, 0) is 19.3 Å². The highest BCUT2D eigenvalue weighted by Gasteiger charge is 2.03. The Morgan fingerprint density at radius 1 is 0.864 bits per heavy atom. The fraction of sp³-hybridized carbons (Fsp3) is 0.833. The van der Waals surface area contributed by atoms with Crippen LogP contribution in [0.2, 0.25) is 0 Å². The van der Waals surface area contributed by atoms with E-state index in [-0.39, 0.29) is 23.6 Å². The molecule has 0 aromatic heterocycles. The molecular formula is C18H36O4. The summed E-state index contributed by atoms with van der Waals surface area (Å²) in [6.07, 6.45) is 1.73. The monoisotopic (exact) mass is 316 g/mol. The van der Waals surface area contributed by atoms with Crippen molar-refractivity contribution in [1.82, 2.24) is 0 Å². The topological polar surface area (TPSA) is 60.4 Å². The molecule has 0 N–H and O–H groups in total. The van der Waals surface area contributed by atoms with Crippen molar-refractivity contribution in [1.29, 1.82) is 0 Å². The van der Waals surface area contributed by atoms with Crippen LogP contribution in [0.5, 0.6) is 0 Å². The molecule has 0 atom stereocenters. The number of ketones is 2. The molecular weight excluding hydrogens is 280 g/mol. The molecule has 0 fully saturated rings. The minimum atomic E-state index is -0.196. The summed E-state index contributed by atoms with van der Waals surface area (Å²) in [5.74, 6) is 1.33. The zero-order valence-electron chi connectivity index (χ0n) is 16.0.